The monoisotopic (exact) mass is 676 g/mol. The molecule has 222 valence electrons. The molecule has 0 amide bonds. The zero-order chi connectivity index (χ0) is 29.3. The van der Waals surface area contributed by atoms with Crippen LogP contribution in [0.3, 0.4) is 0 Å². The zero-order valence-corrected chi connectivity index (χ0v) is 31.9. The van der Waals surface area contributed by atoms with Gasteiger partial charge in [-0.3, -0.25) is 0 Å². The number of allylic oxidation sites excluding steroid dienone is 8. The molecular formula is C39H48Cl2Zr. The van der Waals surface area contributed by atoms with E-state index in [1.807, 2.05) is 3.28 Å². The van der Waals surface area contributed by atoms with Crippen molar-refractivity contribution < 1.29 is 46.1 Å². The number of halogens is 2. The van der Waals surface area contributed by atoms with Crippen LogP contribution in [0.2, 0.25) is 0 Å². The fourth-order valence-electron chi connectivity index (χ4n) is 8.69. The van der Waals surface area contributed by atoms with E-state index in [0.29, 0.717) is 9.54 Å². The van der Waals surface area contributed by atoms with Gasteiger partial charge in [-0.25, -0.2) is 0 Å². The maximum absolute atomic E-state index is 2.67. The molecule has 0 saturated heterocycles. The van der Waals surface area contributed by atoms with E-state index in [9.17, 15) is 0 Å². The summed E-state index contributed by atoms with van der Waals surface area (Å²) in [5.41, 5.74) is 18.7. The summed E-state index contributed by atoms with van der Waals surface area (Å²) in [6, 6.07) is 10.5. The molecule has 0 saturated carbocycles. The molecule has 2 aromatic carbocycles. The second-order valence-electron chi connectivity index (χ2n) is 15.6. The summed E-state index contributed by atoms with van der Waals surface area (Å²) in [7, 11) is 0. The summed E-state index contributed by atoms with van der Waals surface area (Å²) in [5, 5.41) is 0. The first-order valence-corrected chi connectivity index (χ1v) is 19.2. The first-order valence-electron chi connectivity index (χ1n) is 15.3. The second kappa shape index (κ2) is 10.7. The topological polar surface area (TPSA) is 0 Å². The Morgan fingerprint density at radius 3 is 1.50 bits per heavy atom. The standard InChI is InChI=1S/C25H25.C11H17.C3H6.2ClH.Zr/c1-14-12-24(3,4)22-8-16-7-17-9-23-19(15(2)13-25(23,5)6)11-21(17)20(16)10-18(14)22;1-8-6-9(2)10(7-8)11(3,4)5;1-3-2;;;/h7-13H,1-6H3;7-8H,1-5H3;1-2H3;2*1H;/q;;;;;+2/p-2. The minimum absolute atomic E-state index is 0. The molecule has 0 heterocycles. The van der Waals surface area contributed by atoms with Crippen LogP contribution < -0.4 is 24.8 Å². The molecule has 42 heavy (non-hydrogen) atoms. The van der Waals surface area contributed by atoms with E-state index in [2.05, 4.69) is 133 Å². The first-order chi connectivity index (χ1) is 18.4. The number of hydrogen-bond acceptors (Lipinski definition) is 0. The summed E-state index contributed by atoms with van der Waals surface area (Å²) >= 11 is -2.38. The van der Waals surface area contributed by atoms with Crippen LogP contribution in [-0.2, 0) is 32.1 Å². The Bertz CT molecular complexity index is 1590. The van der Waals surface area contributed by atoms with Crippen molar-refractivity contribution >= 4 is 14.4 Å². The van der Waals surface area contributed by atoms with Crippen molar-refractivity contribution in [2.75, 3.05) is 0 Å². The smallest absolute Gasteiger partial charge is 1.00 e. The molecule has 2 aromatic rings. The van der Waals surface area contributed by atoms with Gasteiger partial charge in [-0.1, -0.05) is 0 Å². The Balaban J connectivity index is 0.00000202. The van der Waals surface area contributed by atoms with Crippen molar-refractivity contribution in [3.05, 3.63) is 90.3 Å². The summed E-state index contributed by atoms with van der Waals surface area (Å²) in [4.78, 5) is 0. The number of hydrogen-bond donors (Lipinski definition) is 0. The van der Waals surface area contributed by atoms with Gasteiger partial charge in [0.15, 0.2) is 0 Å². The Morgan fingerprint density at radius 1 is 0.714 bits per heavy atom. The summed E-state index contributed by atoms with van der Waals surface area (Å²) in [5.74, 6) is 0.538. The van der Waals surface area contributed by atoms with Crippen molar-refractivity contribution in [2.45, 2.75) is 104 Å². The molecule has 0 radical (unpaired) electrons. The molecule has 6 rings (SSSR count). The molecule has 0 spiro atoms. The van der Waals surface area contributed by atoms with Gasteiger partial charge in [0.1, 0.15) is 0 Å². The van der Waals surface area contributed by atoms with Crippen molar-refractivity contribution in [1.29, 1.82) is 0 Å². The largest absolute Gasteiger partial charge is 1.00 e. The SMILES string of the molecule is CC1=CC(C)(C)c2cc3c(cc21)-c1cc2c(cc1[CH]3[Zr+2]([C]1=C(C)C(C(C)(C)C)=CC1C)=[C](C)C)C(C)(C)C=C2C.[Cl-].[Cl-]. The molecule has 0 N–H and O–H groups in total. The summed E-state index contributed by atoms with van der Waals surface area (Å²) in [6.07, 6.45) is 7.59. The number of benzene rings is 2. The van der Waals surface area contributed by atoms with Gasteiger partial charge in [0.05, 0.1) is 0 Å². The van der Waals surface area contributed by atoms with E-state index >= 15 is 0 Å². The molecule has 0 aliphatic heterocycles. The fraction of sp³-hybridized carbons (Fsp3) is 0.462. The quantitative estimate of drug-likeness (QED) is 0.425. The van der Waals surface area contributed by atoms with Gasteiger partial charge >= 0.3 is 253 Å². The van der Waals surface area contributed by atoms with E-state index in [1.165, 1.54) is 44.5 Å². The third kappa shape index (κ3) is 4.84. The van der Waals surface area contributed by atoms with Crippen molar-refractivity contribution in [2.24, 2.45) is 11.3 Å². The molecule has 1 unspecified atom stereocenters. The van der Waals surface area contributed by atoms with E-state index in [1.54, 1.807) is 25.5 Å². The normalized spacial score (nSPS) is 20.8. The summed E-state index contributed by atoms with van der Waals surface area (Å²) < 4.78 is 4.08. The van der Waals surface area contributed by atoms with Crippen molar-refractivity contribution in [3.63, 3.8) is 0 Å². The van der Waals surface area contributed by atoms with Crippen LogP contribution in [0.15, 0.2) is 56.9 Å². The van der Waals surface area contributed by atoms with Crippen LogP contribution in [0.25, 0.3) is 22.3 Å². The van der Waals surface area contributed by atoms with Gasteiger partial charge in [0, 0.05) is 0 Å². The molecule has 4 aliphatic carbocycles. The maximum atomic E-state index is 2.67. The Labute approximate surface area is 275 Å². The molecule has 1 atom stereocenters. The molecule has 0 bridgehead atoms. The average molecular weight is 679 g/mol. The molecule has 3 heteroatoms. The van der Waals surface area contributed by atoms with E-state index in [4.69, 9.17) is 0 Å². The van der Waals surface area contributed by atoms with Gasteiger partial charge < -0.3 is 24.8 Å². The van der Waals surface area contributed by atoms with Crippen LogP contribution in [0, 0.1) is 11.3 Å². The minimum Gasteiger partial charge on any atom is -1.00 e. The van der Waals surface area contributed by atoms with Gasteiger partial charge in [-0.2, -0.15) is 0 Å². The molecule has 0 aromatic heterocycles. The Kier molecular flexibility index (Phi) is 8.54. The van der Waals surface area contributed by atoms with Crippen LogP contribution in [0.5, 0.6) is 0 Å². The fourth-order valence-corrected chi connectivity index (χ4v) is 17.6. The maximum Gasteiger partial charge on any atom is -1.00 e. The van der Waals surface area contributed by atoms with Crippen LogP contribution in [-0.4, -0.2) is 3.21 Å². The van der Waals surface area contributed by atoms with E-state index in [0.717, 1.165) is 0 Å². The van der Waals surface area contributed by atoms with Crippen molar-refractivity contribution in [3.8, 4) is 11.1 Å². The van der Waals surface area contributed by atoms with Gasteiger partial charge in [0.25, 0.3) is 0 Å². The van der Waals surface area contributed by atoms with Crippen LogP contribution in [0.4, 0.5) is 0 Å². The predicted octanol–water partition coefficient (Wildman–Crippen LogP) is 4.88. The van der Waals surface area contributed by atoms with Crippen LogP contribution >= 0.6 is 0 Å². The van der Waals surface area contributed by atoms with Gasteiger partial charge in [-0.15, -0.1) is 0 Å². The summed E-state index contributed by atoms with van der Waals surface area (Å²) in [6.45, 7) is 31.3. The molecular weight excluding hydrogens is 631 g/mol. The van der Waals surface area contributed by atoms with E-state index in [-0.39, 0.29) is 41.1 Å². The van der Waals surface area contributed by atoms with Crippen molar-refractivity contribution in [1.82, 2.24) is 0 Å². The number of fused-ring (bicyclic) bond motifs is 5. The predicted molar refractivity (Wildman–Crippen MR) is 173 cm³/mol. The average Bonchev–Trinajstić information content (AvgIpc) is 3.45. The molecule has 4 aliphatic rings. The van der Waals surface area contributed by atoms with Gasteiger partial charge in [-0.05, 0) is 0 Å². The number of rotatable bonds is 2. The first kappa shape index (κ1) is 33.6. The second-order valence-corrected chi connectivity index (χ2v) is 22.8. The Morgan fingerprint density at radius 2 is 1.14 bits per heavy atom. The van der Waals surface area contributed by atoms with Gasteiger partial charge in [0.2, 0.25) is 0 Å². The van der Waals surface area contributed by atoms with E-state index < -0.39 is 21.3 Å². The molecule has 0 nitrogen and oxygen atoms in total. The molecule has 0 fully saturated rings. The Hall–Kier alpha value is -1.27. The third-order valence-corrected chi connectivity index (χ3v) is 19.4. The third-order valence-electron chi connectivity index (χ3n) is 10.3. The zero-order valence-electron chi connectivity index (χ0n) is 28.0. The van der Waals surface area contributed by atoms with Crippen LogP contribution in [0.1, 0.15) is 127 Å². The minimum atomic E-state index is -2.38.